The first-order chi connectivity index (χ1) is 22.2. The number of aryl methyl sites for hydroxylation is 1. The highest BCUT2D eigenvalue weighted by atomic mass is 32.1. The van der Waals surface area contributed by atoms with Gasteiger partial charge in [0.1, 0.15) is 10.7 Å². The van der Waals surface area contributed by atoms with Crippen molar-refractivity contribution in [3.8, 4) is 0 Å². The summed E-state index contributed by atoms with van der Waals surface area (Å²) in [5.74, 6) is -0.798. The molecular weight excluding hydrogens is 602 g/mol. The molecule has 3 aliphatic heterocycles. The summed E-state index contributed by atoms with van der Waals surface area (Å²) in [6.07, 6.45) is 2.05. The van der Waals surface area contributed by atoms with Crippen LogP contribution in [0.4, 0.5) is 22.9 Å². The summed E-state index contributed by atoms with van der Waals surface area (Å²) >= 11 is 1.13. The predicted octanol–water partition coefficient (Wildman–Crippen LogP) is 6.19. The summed E-state index contributed by atoms with van der Waals surface area (Å²) in [6, 6.07) is 20.8. The van der Waals surface area contributed by atoms with Crippen LogP contribution in [0.25, 0.3) is 0 Å². The van der Waals surface area contributed by atoms with Crippen molar-refractivity contribution in [2.75, 3.05) is 41.4 Å². The van der Waals surface area contributed by atoms with E-state index < -0.39 is 12.0 Å². The molecule has 0 saturated carbocycles. The van der Waals surface area contributed by atoms with Crippen LogP contribution >= 0.6 is 11.3 Å². The van der Waals surface area contributed by atoms with Crippen molar-refractivity contribution in [3.63, 3.8) is 0 Å². The number of benzene rings is 2. The van der Waals surface area contributed by atoms with Crippen LogP contribution in [-0.2, 0) is 4.74 Å². The molecule has 1 spiro atoms. The first kappa shape index (κ1) is 29.8. The van der Waals surface area contributed by atoms with Gasteiger partial charge < -0.3 is 20.1 Å². The minimum absolute atomic E-state index is 0.209. The Kier molecular flexibility index (Phi) is 7.66. The zero-order chi connectivity index (χ0) is 32.0. The summed E-state index contributed by atoms with van der Waals surface area (Å²) in [5.41, 5.74) is 4.54. The van der Waals surface area contributed by atoms with Crippen LogP contribution in [0, 0.1) is 12.3 Å². The number of pyridine rings is 1. The first-order valence-electron chi connectivity index (χ1n) is 15.3. The zero-order valence-corrected chi connectivity index (χ0v) is 26.3. The van der Waals surface area contributed by atoms with Crippen LogP contribution in [0.1, 0.15) is 60.7 Å². The number of carboxylic acid groups (broad SMARTS) is 1. The number of hydrogen-bond donors (Lipinski definition) is 2. The molecule has 1 unspecified atom stereocenters. The molecule has 46 heavy (non-hydrogen) atoms. The van der Waals surface area contributed by atoms with Crippen molar-refractivity contribution in [1.29, 1.82) is 0 Å². The number of carbonyl (C=O) groups is 3. The van der Waals surface area contributed by atoms with Crippen LogP contribution in [0.5, 0.6) is 0 Å². The fourth-order valence-corrected chi connectivity index (χ4v) is 7.40. The lowest BCUT2D eigenvalue weighted by molar-refractivity contribution is -0.000520. The highest BCUT2D eigenvalue weighted by Gasteiger charge is 2.45. The number of fused-ring (bicyclic) bond motifs is 1. The topological polar surface area (TPSA) is 124 Å². The molecule has 2 saturated heterocycles. The highest BCUT2D eigenvalue weighted by Crippen LogP contribution is 2.43. The molecule has 234 valence electrons. The van der Waals surface area contributed by atoms with Gasteiger partial charge in [-0.05, 0) is 87.4 Å². The molecule has 0 radical (unpaired) electrons. The van der Waals surface area contributed by atoms with E-state index in [0.717, 1.165) is 56.2 Å². The van der Waals surface area contributed by atoms with Gasteiger partial charge in [0.15, 0.2) is 0 Å². The number of aromatic carboxylic acids is 1. The summed E-state index contributed by atoms with van der Waals surface area (Å²) in [4.78, 5) is 53.3. The normalized spacial score (nSPS) is 18.4. The summed E-state index contributed by atoms with van der Waals surface area (Å²) in [7, 11) is 0. The predicted molar refractivity (Wildman–Crippen MR) is 178 cm³/mol. The van der Waals surface area contributed by atoms with E-state index in [4.69, 9.17) is 14.7 Å². The molecule has 10 nitrogen and oxygen atoms in total. The number of hydrogen-bond acceptors (Lipinski definition) is 8. The number of rotatable bonds is 6. The standard InChI is InChI=1S/C35H33N5O5S/c1-21-7-12-25(31(36-21)39-19-35(20-39)15-17-45-18-16-35)32(41)37-24-10-8-23(9-11-24)33(42)40-22(2)30(28-13-14-29(46-28)34(43)44)38-26-5-3-4-6-27(26)40/h3-14,22H,15-20H2,1-2H3,(H,37,41)(H,43,44). The van der Waals surface area contributed by atoms with Crippen molar-refractivity contribution in [3.05, 3.63) is 99.4 Å². The molecule has 3 aliphatic rings. The van der Waals surface area contributed by atoms with Gasteiger partial charge in [0.2, 0.25) is 0 Å². The maximum absolute atomic E-state index is 14.0. The fraction of sp³-hybridized carbons (Fsp3) is 0.286. The van der Waals surface area contributed by atoms with E-state index in [2.05, 4.69) is 10.2 Å². The number of para-hydroxylation sites is 2. The number of aromatic nitrogens is 1. The SMILES string of the molecule is Cc1ccc(C(=O)Nc2ccc(C(=O)N3c4ccccc4N=C(c4ccc(C(=O)O)s4)C3C)cc2)c(N2CC3(CCOCC3)C2)n1. The molecule has 7 rings (SSSR count). The number of thiophene rings is 1. The molecule has 2 aromatic heterocycles. The Balaban J connectivity index is 1.09. The van der Waals surface area contributed by atoms with E-state index in [1.54, 1.807) is 41.3 Å². The van der Waals surface area contributed by atoms with Crippen LogP contribution in [0.3, 0.4) is 0 Å². The molecule has 0 aliphatic carbocycles. The van der Waals surface area contributed by atoms with E-state index in [1.165, 1.54) is 0 Å². The minimum atomic E-state index is -1.00. The van der Waals surface area contributed by atoms with Gasteiger partial charge >= 0.3 is 5.97 Å². The van der Waals surface area contributed by atoms with E-state index in [1.807, 2.05) is 50.2 Å². The summed E-state index contributed by atoms with van der Waals surface area (Å²) in [6.45, 7) is 7.09. The largest absolute Gasteiger partial charge is 0.477 e. The monoisotopic (exact) mass is 635 g/mol. The maximum Gasteiger partial charge on any atom is 0.345 e. The molecule has 2 aromatic carbocycles. The number of amides is 2. The third-order valence-electron chi connectivity index (χ3n) is 9.01. The second-order valence-electron chi connectivity index (χ2n) is 12.1. The summed E-state index contributed by atoms with van der Waals surface area (Å²) < 4.78 is 5.55. The fourth-order valence-electron chi connectivity index (χ4n) is 6.48. The van der Waals surface area contributed by atoms with E-state index in [-0.39, 0.29) is 22.1 Å². The Labute approximate surface area is 270 Å². The first-order valence-corrected chi connectivity index (χ1v) is 16.1. The number of carboxylic acids is 1. The molecule has 5 heterocycles. The van der Waals surface area contributed by atoms with E-state index >= 15 is 0 Å². The van der Waals surface area contributed by atoms with Crippen molar-refractivity contribution >= 4 is 57.7 Å². The molecule has 2 amide bonds. The van der Waals surface area contributed by atoms with Gasteiger partial charge in [-0.2, -0.15) is 0 Å². The van der Waals surface area contributed by atoms with Gasteiger partial charge in [-0.15, -0.1) is 11.3 Å². The average Bonchev–Trinajstić information content (AvgIpc) is 3.54. The molecule has 0 bridgehead atoms. The highest BCUT2D eigenvalue weighted by molar-refractivity contribution is 7.16. The van der Waals surface area contributed by atoms with E-state index in [9.17, 15) is 19.5 Å². The molecule has 2 N–H and O–H groups in total. The number of nitrogens with one attached hydrogen (secondary N) is 1. The second kappa shape index (κ2) is 11.8. The molecule has 11 heteroatoms. The van der Waals surface area contributed by atoms with Gasteiger partial charge in [0, 0.05) is 48.7 Å². The van der Waals surface area contributed by atoms with E-state index in [0.29, 0.717) is 44.6 Å². The molecule has 4 aromatic rings. The average molecular weight is 636 g/mol. The lowest BCUT2D eigenvalue weighted by Crippen LogP contribution is -2.59. The quantitative estimate of drug-likeness (QED) is 0.259. The van der Waals surface area contributed by atoms with Crippen molar-refractivity contribution in [1.82, 2.24) is 4.98 Å². The van der Waals surface area contributed by atoms with Gasteiger partial charge in [-0.3, -0.25) is 14.5 Å². The minimum Gasteiger partial charge on any atom is -0.477 e. The van der Waals surface area contributed by atoms with Gasteiger partial charge in [0.05, 0.1) is 33.6 Å². The second-order valence-corrected chi connectivity index (χ2v) is 13.2. The Morgan fingerprint density at radius 3 is 2.43 bits per heavy atom. The third-order valence-corrected chi connectivity index (χ3v) is 10.1. The lowest BCUT2D eigenvalue weighted by Gasteiger charge is -2.53. The van der Waals surface area contributed by atoms with Crippen LogP contribution in [0.2, 0.25) is 0 Å². The number of ether oxygens (including phenoxy) is 1. The van der Waals surface area contributed by atoms with Gasteiger partial charge in [0.25, 0.3) is 11.8 Å². The Morgan fingerprint density at radius 1 is 0.978 bits per heavy atom. The molecular formula is C35H33N5O5S. The number of aliphatic imine (C=N–C) groups is 1. The van der Waals surface area contributed by atoms with Crippen LogP contribution in [0.15, 0.2) is 77.8 Å². The Morgan fingerprint density at radius 2 is 1.72 bits per heavy atom. The van der Waals surface area contributed by atoms with Crippen molar-refractivity contribution in [2.45, 2.75) is 32.7 Å². The number of anilines is 3. The third kappa shape index (κ3) is 5.45. The Bertz CT molecular complexity index is 1870. The molecule has 2 fully saturated rings. The van der Waals surface area contributed by atoms with Crippen LogP contribution in [-0.4, -0.2) is 65.9 Å². The van der Waals surface area contributed by atoms with Gasteiger partial charge in [-0.25, -0.2) is 14.8 Å². The summed E-state index contributed by atoms with van der Waals surface area (Å²) in [5, 5.41) is 12.4. The number of nitrogens with zero attached hydrogens (tertiary/aromatic N) is 4. The molecule has 1 atom stereocenters. The number of carbonyl (C=O) groups excluding carboxylic acids is 2. The lowest BCUT2D eigenvalue weighted by atomic mass is 9.73. The van der Waals surface area contributed by atoms with Gasteiger partial charge in [-0.1, -0.05) is 12.1 Å². The van der Waals surface area contributed by atoms with Crippen molar-refractivity contribution in [2.24, 2.45) is 10.4 Å². The maximum atomic E-state index is 14.0. The zero-order valence-electron chi connectivity index (χ0n) is 25.5. The smallest absolute Gasteiger partial charge is 0.345 e. The van der Waals surface area contributed by atoms with Crippen LogP contribution < -0.4 is 15.1 Å². The van der Waals surface area contributed by atoms with Crippen molar-refractivity contribution < 1.29 is 24.2 Å². The Hall–Kier alpha value is -4.87.